The van der Waals surface area contributed by atoms with Crippen LogP contribution in [0, 0.1) is 0 Å². The molecule has 172 valence electrons. The number of ether oxygens (including phenoxy) is 1. The van der Waals surface area contributed by atoms with Crippen molar-refractivity contribution in [2.45, 2.75) is 37.0 Å². The number of aromatic nitrogens is 1. The van der Waals surface area contributed by atoms with E-state index in [9.17, 15) is 13.2 Å². The number of carbonyl (C=O) groups excluding carboxylic acids is 1. The predicted octanol–water partition coefficient (Wildman–Crippen LogP) is 4.34. The lowest BCUT2D eigenvalue weighted by Gasteiger charge is -2.18. The molecule has 0 radical (unpaired) electrons. The van der Waals surface area contributed by atoms with E-state index in [4.69, 9.17) is 4.74 Å². The number of aryl methyl sites for hydroxylation is 2. The number of hydrogen-bond donors (Lipinski definition) is 1. The molecule has 1 amide bonds. The number of fused-ring (bicyclic) bond motifs is 1. The van der Waals surface area contributed by atoms with Gasteiger partial charge >= 0.3 is 0 Å². The molecule has 0 unspecified atom stereocenters. The molecule has 1 saturated heterocycles. The molecule has 5 rings (SSSR count). The number of thiazole rings is 1. The highest BCUT2D eigenvalue weighted by Crippen LogP contribution is 2.32. The number of amides is 1. The second-order valence-corrected chi connectivity index (χ2v) is 11.1. The quantitative estimate of drug-likeness (QED) is 0.563. The molecule has 2 aliphatic rings. The van der Waals surface area contributed by atoms with Crippen molar-refractivity contribution in [1.29, 1.82) is 0 Å². The van der Waals surface area contributed by atoms with Gasteiger partial charge in [0.1, 0.15) is 10.6 Å². The molecule has 2 heterocycles. The first-order chi connectivity index (χ1) is 16.0. The predicted molar refractivity (Wildman–Crippen MR) is 129 cm³/mol. The second-order valence-electron chi connectivity index (χ2n) is 8.31. The molecule has 9 heteroatoms. The van der Waals surface area contributed by atoms with Gasteiger partial charge in [-0.05, 0) is 67.5 Å². The van der Waals surface area contributed by atoms with Crippen molar-refractivity contribution in [2.75, 3.05) is 25.5 Å². The van der Waals surface area contributed by atoms with Gasteiger partial charge in [0, 0.05) is 29.6 Å². The van der Waals surface area contributed by atoms with Gasteiger partial charge in [-0.15, -0.1) is 11.3 Å². The molecule has 1 aromatic heterocycles. The van der Waals surface area contributed by atoms with E-state index in [1.54, 1.807) is 6.07 Å². The molecule has 1 aliphatic heterocycles. The number of sulfonamides is 1. The lowest BCUT2D eigenvalue weighted by molar-refractivity contribution is 0.102. The lowest BCUT2D eigenvalue weighted by atomic mass is 10.1. The van der Waals surface area contributed by atoms with Crippen LogP contribution in [0.1, 0.15) is 40.7 Å². The molecule has 1 N–H and O–H groups in total. The monoisotopic (exact) mass is 483 g/mol. The smallest absolute Gasteiger partial charge is 0.257 e. The summed E-state index contributed by atoms with van der Waals surface area (Å²) < 4.78 is 32.9. The fourth-order valence-corrected chi connectivity index (χ4v) is 6.86. The van der Waals surface area contributed by atoms with Gasteiger partial charge in [-0.1, -0.05) is 12.1 Å². The van der Waals surface area contributed by atoms with E-state index in [-0.39, 0.29) is 16.2 Å². The Morgan fingerprint density at radius 2 is 1.85 bits per heavy atom. The summed E-state index contributed by atoms with van der Waals surface area (Å²) in [5.41, 5.74) is 4.87. The molecule has 7 nitrogen and oxygen atoms in total. The molecule has 2 aromatic carbocycles. The SMILES string of the molecule is COc1ccc(C(=O)Nc2nc(-c3ccc4c(c3)CCC4)cs2)cc1S(=O)(=O)N1CCCC1. The van der Waals surface area contributed by atoms with Crippen LogP contribution in [0.2, 0.25) is 0 Å². The minimum Gasteiger partial charge on any atom is -0.495 e. The van der Waals surface area contributed by atoms with Gasteiger partial charge < -0.3 is 4.74 Å². The van der Waals surface area contributed by atoms with Crippen molar-refractivity contribution in [1.82, 2.24) is 9.29 Å². The summed E-state index contributed by atoms with van der Waals surface area (Å²) in [5, 5.41) is 5.19. The first kappa shape index (κ1) is 22.1. The van der Waals surface area contributed by atoms with Crippen molar-refractivity contribution in [3.8, 4) is 17.0 Å². The number of rotatable bonds is 6. The molecular formula is C24H25N3O4S2. The Morgan fingerprint density at radius 1 is 1.06 bits per heavy atom. The van der Waals surface area contributed by atoms with Crippen LogP contribution >= 0.6 is 11.3 Å². The van der Waals surface area contributed by atoms with Crippen LogP contribution in [-0.2, 0) is 22.9 Å². The van der Waals surface area contributed by atoms with Gasteiger partial charge in [0.05, 0.1) is 12.8 Å². The summed E-state index contributed by atoms with van der Waals surface area (Å²) in [5.74, 6) is -0.183. The molecule has 3 aromatic rings. The van der Waals surface area contributed by atoms with Crippen molar-refractivity contribution in [3.63, 3.8) is 0 Å². The molecule has 33 heavy (non-hydrogen) atoms. The summed E-state index contributed by atoms with van der Waals surface area (Å²) in [7, 11) is -2.31. The molecule has 0 atom stereocenters. The van der Waals surface area contributed by atoms with Crippen LogP contribution in [0.15, 0.2) is 46.7 Å². The molecule has 0 saturated carbocycles. The molecule has 1 aliphatic carbocycles. The van der Waals surface area contributed by atoms with Gasteiger partial charge in [-0.25, -0.2) is 13.4 Å². The zero-order valence-electron chi connectivity index (χ0n) is 18.3. The summed E-state index contributed by atoms with van der Waals surface area (Å²) in [6.07, 6.45) is 5.08. The molecule has 0 spiro atoms. The van der Waals surface area contributed by atoms with Crippen LogP contribution in [-0.4, -0.2) is 43.8 Å². The third kappa shape index (κ3) is 4.28. The number of anilines is 1. The van der Waals surface area contributed by atoms with E-state index in [0.717, 1.165) is 36.9 Å². The van der Waals surface area contributed by atoms with Crippen molar-refractivity contribution >= 4 is 32.4 Å². The van der Waals surface area contributed by atoms with Crippen molar-refractivity contribution < 1.29 is 17.9 Å². The van der Waals surface area contributed by atoms with Gasteiger partial charge in [-0.3, -0.25) is 10.1 Å². The number of benzene rings is 2. The Labute approximate surface area is 197 Å². The highest BCUT2D eigenvalue weighted by atomic mass is 32.2. The van der Waals surface area contributed by atoms with Gasteiger partial charge in [0.25, 0.3) is 5.91 Å². The van der Waals surface area contributed by atoms with Crippen LogP contribution < -0.4 is 10.1 Å². The minimum atomic E-state index is -3.73. The number of nitrogens with one attached hydrogen (secondary N) is 1. The maximum atomic E-state index is 13.1. The van der Waals surface area contributed by atoms with Crippen molar-refractivity contribution in [3.05, 3.63) is 58.5 Å². The van der Waals surface area contributed by atoms with Gasteiger partial charge in [0.15, 0.2) is 5.13 Å². The Kier molecular flexibility index (Phi) is 5.94. The van der Waals surface area contributed by atoms with Gasteiger partial charge in [0.2, 0.25) is 10.0 Å². The minimum absolute atomic E-state index is 0.0116. The first-order valence-electron chi connectivity index (χ1n) is 11.0. The fraction of sp³-hybridized carbons (Fsp3) is 0.333. The lowest BCUT2D eigenvalue weighted by Crippen LogP contribution is -2.28. The summed E-state index contributed by atoms with van der Waals surface area (Å²) in [6, 6.07) is 10.9. The van der Waals surface area contributed by atoms with Crippen LogP contribution in [0.3, 0.4) is 0 Å². The standard InChI is InChI=1S/C24H25N3O4S2/c1-31-21-10-9-19(14-22(21)33(29,30)27-11-2-3-12-27)23(28)26-24-25-20(15-32-24)18-8-7-16-5-4-6-17(16)13-18/h7-10,13-15H,2-6,11-12H2,1H3,(H,25,26,28). The van der Waals surface area contributed by atoms with E-state index in [0.29, 0.717) is 18.2 Å². The van der Waals surface area contributed by atoms with Gasteiger partial charge in [-0.2, -0.15) is 4.31 Å². The number of methoxy groups -OCH3 is 1. The molecular weight excluding hydrogens is 458 g/mol. The third-order valence-corrected chi connectivity index (χ3v) is 8.91. The average Bonchev–Trinajstić information content (AvgIpc) is 3.60. The number of nitrogens with zero attached hydrogens (tertiary/aromatic N) is 2. The summed E-state index contributed by atoms with van der Waals surface area (Å²) in [4.78, 5) is 17.5. The average molecular weight is 484 g/mol. The Hall–Kier alpha value is -2.75. The largest absolute Gasteiger partial charge is 0.495 e. The fourth-order valence-electron chi connectivity index (χ4n) is 4.45. The zero-order chi connectivity index (χ0) is 23.0. The highest BCUT2D eigenvalue weighted by molar-refractivity contribution is 7.89. The Morgan fingerprint density at radius 3 is 2.64 bits per heavy atom. The maximum Gasteiger partial charge on any atom is 0.257 e. The van der Waals surface area contributed by atoms with Crippen LogP contribution in [0.4, 0.5) is 5.13 Å². The normalized spacial score (nSPS) is 16.0. The first-order valence-corrected chi connectivity index (χ1v) is 13.3. The topological polar surface area (TPSA) is 88.6 Å². The summed E-state index contributed by atoms with van der Waals surface area (Å²) >= 11 is 1.34. The second kappa shape index (κ2) is 8.89. The van der Waals surface area contributed by atoms with Crippen LogP contribution in [0.25, 0.3) is 11.3 Å². The van der Waals surface area contributed by atoms with Crippen LogP contribution in [0.5, 0.6) is 5.75 Å². The van der Waals surface area contributed by atoms with Crippen molar-refractivity contribution in [2.24, 2.45) is 0 Å². The number of carbonyl (C=O) groups is 1. The zero-order valence-corrected chi connectivity index (χ0v) is 20.0. The Bertz CT molecular complexity index is 1310. The highest BCUT2D eigenvalue weighted by Gasteiger charge is 2.30. The Balaban J connectivity index is 1.37. The third-order valence-electron chi connectivity index (χ3n) is 6.23. The van der Waals surface area contributed by atoms with E-state index in [1.165, 1.54) is 52.4 Å². The number of hydrogen-bond acceptors (Lipinski definition) is 6. The van der Waals surface area contributed by atoms with E-state index >= 15 is 0 Å². The van der Waals surface area contributed by atoms with E-state index in [2.05, 4.69) is 28.5 Å². The van der Waals surface area contributed by atoms with E-state index in [1.807, 2.05) is 5.38 Å². The molecule has 1 fully saturated rings. The summed E-state index contributed by atoms with van der Waals surface area (Å²) in [6.45, 7) is 0.957. The maximum absolute atomic E-state index is 13.1. The van der Waals surface area contributed by atoms with E-state index < -0.39 is 15.9 Å². The molecule has 0 bridgehead atoms.